The Kier molecular flexibility index (Phi) is 4.98. The Bertz CT molecular complexity index is 1830. The van der Waals surface area contributed by atoms with Crippen molar-refractivity contribution in [3.63, 3.8) is 0 Å². The third-order valence-corrected chi connectivity index (χ3v) is 13.4. The van der Waals surface area contributed by atoms with Crippen molar-refractivity contribution in [1.82, 2.24) is 0 Å². The molecule has 0 bridgehead atoms. The highest BCUT2D eigenvalue weighted by molar-refractivity contribution is 7.21. The van der Waals surface area contributed by atoms with E-state index in [2.05, 4.69) is 157 Å². The van der Waals surface area contributed by atoms with Crippen LogP contribution in [0.25, 0.3) is 16.8 Å². The summed E-state index contributed by atoms with van der Waals surface area (Å²) in [5.74, 6) is 0. The maximum atomic E-state index is 2.52. The molecule has 0 amide bonds. The number of nitrogens with zero attached hydrogens (tertiary/aromatic N) is 1. The molecule has 2 aliphatic rings. The minimum absolute atomic E-state index is 0.940. The first kappa shape index (κ1) is 22.3. The largest absolute Gasteiger partial charge is 0.311 e. The molecule has 2 heteroatoms. The first-order valence-corrected chi connectivity index (χ1v) is 15.7. The lowest BCUT2D eigenvalue weighted by molar-refractivity contribution is 1.25. The van der Waals surface area contributed by atoms with Crippen LogP contribution in [0.5, 0.6) is 0 Å². The summed E-state index contributed by atoms with van der Waals surface area (Å²) in [6.07, 6.45) is 5.61. The summed E-state index contributed by atoms with van der Waals surface area (Å²) >= 11 is 0. The zero-order valence-corrected chi connectivity index (χ0v) is 22.6. The van der Waals surface area contributed by atoms with E-state index in [-0.39, 0.29) is 0 Å². The first-order chi connectivity index (χ1) is 19.4. The second-order valence-electron chi connectivity index (χ2n) is 10.5. The SMILES string of the molecule is C1=Cc2cccc3cc4c(c(c23)C1)[Si](c1ccccc1)(c1ccccc1)c1ccccc1N4c1ccccc1. The van der Waals surface area contributed by atoms with Gasteiger partial charge in [-0.3, -0.25) is 0 Å². The second-order valence-corrected chi connectivity index (χ2v) is 14.2. The van der Waals surface area contributed by atoms with Crippen molar-refractivity contribution in [1.29, 1.82) is 0 Å². The molecule has 1 nitrogen and oxygen atoms in total. The van der Waals surface area contributed by atoms with Gasteiger partial charge in [0.05, 0.1) is 0 Å². The summed E-state index contributed by atoms with van der Waals surface area (Å²) in [4.78, 5) is 2.52. The first-order valence-electron chi connectivity index (χ1n) is 13.7. The van der Waals surface area contributed by atoms with Crippen LogP contribution in [0.2, 0.25) is 0 Å². The Morgan fingerprint density at radius 3 is 1.92 bits per heavy atom. The molecular weight excluding hydrogens is 487 g/mol. The van der Waals surface area contributed by atoms with Crippen molar-refractivity contribution in [2.75, 3.05) is 4.90 Å². The molecule has 0 aromatic heterocycles. The Hall–Kier alpha value is -4.66. The molecule has 0 N–H and O–H groups in total. The van der Waals surface area contributed by atoms with Gasteiger partial charge < -0.3 is 4.90 Å². The van der Waals surface area contributed by atoms with Gasteiger partial charge in [0, 0.05) is 17.1 Å². The third-order valence-electron chi connectivity index (χ3n) is 8.49. The molecule has 1 aliphatic carbocycles. The number of benzene rings is 6. The second kappa shape index (κ2) is 8.69. The monoisotopic (exact) mass is 513 g/mol. The molecule has 0 fully saturated rings. The van der Waals surface area contributed by atoms with Gasteiger partial charge >= 0.3 is 0 Å². The number of anilines is 3. The molecule has 8 rings (SSSR count). The van der Waals surface area contributed by atoms with Crippen LogP contribution in [0.3, 0.4) is 0 Å². The Morgan fingerprint density at radius 2 is 1.21 bits per heavy atom. The molecule has 184 valence electrons. The molecule has 0 saturated heterocycles. The molecule has 6 aromatic carbocycles. The Balaban J connectivity index is 1.63. The fraction of sp³-hybridized carbons (Fsp3) is 0.0270. The molecule has 39 heavy (non-hydrogen) atoms. The van der Waals surface area contributed by atoms with E-state index >= 15 is 0 Å². The standard InChI is InChI=1S/C37H27NSi/c1-4-17-29(18-5-1)38-33-24-10-11-25-35(33)39(30-19-6-2-7-20-30,31-21-8-3-9-22-31)37-32-23-13-15-27-14-12-16-28(36(27)32)26-34(37)38/h1-22,24-26H,23H2. The normalized spacial score (nSPS) is 14.6. The number of para-hydroxylation sites is 2. The minimum Gasteiger partial charge on any atom is -0.311 e. The van der Waals surface area contributed by atoms with Crippen molar-refractivity contribution >= 4 is 62.7 Å². The molecule has 0 saturated carbocycles. The van der Waals surface area contributed by atoms with Crippen molar-refractivity contribution in [3.8, 4) is 0 Å². The predicted octanol–water partition coefficient (Wildman–Crippen LogP) is 6.57. The minimum atomic E-state index is -2.70. The smallest absolute Gasteiger partial charge is 0.184 e. The van der Waals surface area contributed by atoms with Crippen molar-refractivity contribution < 1.29 is 0 Å². The number of rotatable bonds is 3. The zero-order valence-electron chi connectivity index (χ0n) is 21.6. The quantitative estimate of drug-likeness (QED) is 0.242. The van der Waals surface area contributed by atoms with Gasteiger partial charge in [-0.25, -0.2) is 0 Å². The zero-order chi connectivity index (χ0) is 25.8. The van der Waals surface area contributed by atoms with Gasteiger partial charge in [0.1, 0.15) is 0 Å². The van der Waals surface area contributed by atoms with Crippen LogP contribution in [-0.4, -0.2) is 8.07 Å². The van der Waals surface area contributed by atoms with Gasteiger partial charge in [0.2, 0.25) is 0 Å². The summed E-state index contributed by atoms with van der Waals surface area (Å²) in [6, 6.07) is 51.9. The molecule has 0 radical (unpaired) electrons. The van der Waals surface area contributed by atoms with E-state index in [4.69, 9.17) is 0 Å². The number of hydrogen-bond acceptors (Lipinski definition) is 1. The van der Waals surface area contributed by atoms with E-state index in [1.54, 1.807) is 0 Å². The fourth-order valence-corrected chi connectivity index (χ4v) is 12.4. The number of hydrogen-bond donors (Lipinski definition) is 0. The van der Waals surface area contributed by atoms with Crippen molar-refractivity contribution in [3.05, 3.63) is 157 Å². The summed E-state index contributed by atoms with van der Waals surface area (Å²) in [6.45, 7) is 0. The summed E-state index contributed by atoms with van der Waals surface area (Å²) in [7, 11) is -2.70. The molecular formula is C37H27NSi. The average Bonchev–Trinajstić information content (AvgIpc) is 3.01. The number of allylic oxidation sites excluding steroid dienone is 1. The van der Waals surface area contributed by atoms with E-state index in [1.165, 1.54) is 59.7 Å². The van der Waals surface area contributed by atoms with Crippen molar-refractivity contribution in [2.24, 2.45) is 0 Å². The van der Waals surface area contributed by atoms with Crippen molar-refractivity contribution in [2.45, 2.75) is 6.42 Å². The molecule has 6 aromatic rings. The van der Waals surface area contributed by atoms with Crippen LogP contribution in [0.15, 0.2) is 146 Å². The van der Waals surface area contributed by atoms with Crippen LogP contribution in [0.4, 0.5) is 17.1 Å². The molecule has 0 spiro atoms. The molecule has 1 aliphatic heterocycles. The molecule has 0 unspecified atom stereocenters. The third kappa shape index (κ3) is 3.13. The lowest BCUT2D eigenvalue weighted by atomic mass is 9.91. The summed E-state index contributed by atoms with van der Waals surface area (Å²) in [5.41, 5.74) is 6.60. The van der Waals surface area contributed by atoms with Crippen LogP contribution < -0.4 is 25.6 Å². The van der Waals surface area contributed by atoms with E-state index in [0.29, 0.717) is 0 Å². The highest BCUT2D eigenvalue weighted by atomic mass is 28.3. The van der Waals surface area contributed by atoms with Crippen LogP contribution in [-0.2, 0) is 6.42 Å². The Labute approximate surface area is 230 Å². The maximum absolute atomic E-state index is 2.70. The summed E-state index contributed by atoms with van der Waals surface area (Å²) in [5, 5.41) is 8.55. The average molecular weight is 514 g/mol. The highest BCUT2D eigenvalue weighted by Gasteiger charge is 2.50. The lowest BCUT2D eigenvalue weighted by Gasteiger charge is -2.46. The van der Waals surface area contributed by atoms with Crippen LogP contribution in [0, 0.1) is 0 Å². The predicted molar refractivity (Wildman–Crippen MR) is 169 cm³/mol. The van der Waals surface area contributed by atoms with Gasteiger partial charge in [0.15, 0.2) is 8.07 Å². The van der Waals surface area contributed by atoms with Crippen LogP contribution >= 0.6 is 0 Å². The van der Waals surface area contributed by atoms with Gasteiger partial charge in [-0.1, -0.05) is 127 Å². The topological polar surface area (TPSA) is 3.24 Å². The summed E-state index contributed by atoms with van der Waals surface area (Å²) < 4.78 is 0. The van der Waals surface area contributed by atoms with E-state index in [0.717, 1.165) is 6.42 Å². The van der Waals surface area contributed by atoms with Gasteiger partial charge in [-0.05, 0) is 73.3 Å². The van der Waals surface area contributed by atoms with E-state index in [9.17, 15) is 0 Å². The van der Waals surface area contributed by atoms with Gasteiger partial charge in [-0.2, -0.15) is 0 Å². The fourth-order valence-electron chi connectivity index (χ4n) is 7.05. The molecule has 1 heterocycles. The maximum Gasteiger partial charge on any atom is 0.184 e. The van der Waals surface area contributed by atoms with Gasteiger partial charge in [-0.15, -0.1) is 0 Å². The molecule has 0 atom stereocenters. The van der Waals surface area contributed by atoms with E-state index in [1.807, 2.05) is 0 Å². The number of fused-ring (bicyclic) bond motifs is 3. The highest BCUT2D eigenvalue weighted by Crippen LogP contribution is 2.42. The lowest BCUT2D eigenvalue weighted by Crippen LogP contribution is -2.77. The van der Waals surface area contributed by atoms with Gasteiger partial charge in [0.25, 0.3) is 0 Å². The van der Waals surface area contributed by atoms with Crippen LogP contribution in [0.1, 0.15) is 11.1 Å². The van der Waals surface area contributed by atoms with E-state index < -0.39 is 8.07 Å². The Morgan fingerprint density at radius 1 is 0.564 bits per heavy atom.